The van der Waals surface area contributed by atoms with E-state index in [2.05, 4.69) is 15.5 Å². The molecule has 1 aromatic carbocycles. The summed E-state index contributed by atoms with van der Waals surface area (Å²) in [5.41, 5.74) is 0.335. The van der Waals surface area contributed by atoms with Crippen molar-refractivity contribution >= 4 is 21.9 Å². The molecular weight excluding hydrogens is 416 g/mol. The molecule has 8 nitrogen and oxygen atoms in total. The van der Waals surface area contributed by atoms with Crippen LogP contribution in [0.5, 0.6) is 0 Å². The molecule has 2 fully saturated rings. The zero-order valence-corrected chi connectivity index (χ0v) is 18.7. The van der Waals surface area contributed by atoms with Gasteiger partial charge in [0.2, 0.25) is 15.9 Å². The Kier molecular flexibility index (Phi) is 6.71. The summed E-state index contributed by atoms with van der Waals surface area (Å²) in [6, 6.07) is 6.13. The number of carbonyl (C=O) groups excluding carboxylic acids is 1. The minimum atomic E-state index is -3.57. The minimum Gasteiger partial charge on any atom is -0.408 e. The zero-order valence-electron chi connectivity index (χ0n) is 17.9. The van der Waals surface area contributed by atoms with Gasteiger partial charge in [-0.15, -0.1) is 5.10 Å². The first-order chi connectivity index (χ1) is 15.0. The molecule has 0 bridgehead atoms. The quantitative estimate of drug-likeness (QED) is 0.708. The van der Waals surface area contributed by atoms with E-state index in [-0.39, 0.29) is 22.9 Å². The van der Waals surface area contributed by atoms with Crippen molar-refractivity contribution in [1.82, 2.24) is 14.5 Å². The van der Waals surface area contributed by atoms with Crippen LogP contribution in [-0.4, -0.2) is 41.4 Å². The second-order valence-corrected chi connectivity index (χ2v) is 10.3. The molecule has 31 heavy (non-hydrogen) atoms. The largest absolute Gasteiger partial charge is 0.408 e. The first-order valence-electron chi connectivity index (χ1n) is 11.3. The van der Waals surface area contributed by atoms with Gasteiger partial charge in [0, 0.05) is 24.1 Å². The van der Waals surface area contributed by atoms with Crippen LogP contribution in [0.1, 0.15) is 86.9 Å². The molecule has 4 rings (SSSR count). The Hall–Kier alpha value is -2.26. The fourth-order valence-corrected chi connectivity index (χ4v) is 6.35. The molecule has 0 spiro atoms. The van der Waals surface area contributed by atoms with E-state index in [0.717, 1.165) is 51.4 Å². The van der Waals surface area contributed by atoms with Gasteiger partial charge in [0.05, 0.1) is 4.90 Å². The van der Waals surface area contributed by atoms with E-state index in [1.807, 2.05) is 6.92 Å². The van der Waals surface area contributed by atoms with E-state index in [0.29, 0.717) is 18.0 Å². The highest BCUT2D eigenvalue weighted by Crippen LogP contribution is 2.32. The molecule has 1 aliphatic carbocycles. The second kappa shape index (κ2) is 9.48. The lowest BCUT2D eigenvalue weighted by atomic mass is 9.89. The number of carbonyl (C=O) groups is 1. The number of hydrogen-bond donors (Lipinski definition) is 1. The molecule has 1 saturated heterocycles. The van der Waals surface area contributed by atoms with Crippen molar-refractivity contribution in [2.75, 3.05) is 11.9 Å². The highest BCUT2D eigenvalue weighted by Gasteiger charge is 2.32. The van der Waals surface area contributed by atoms with Gasteiger partial charge in [0.1, 0.15) is 0 Å². The number of amides is 1. The lowest BCUT2D eigenvalue weighted by Gasteiger charge is -2.34. The number of aromatic nitrogens is 2. The smallest absolute Gasteiger partial charge is 0.322 e. The van der Waals surface area contributed by atoms with Crippen LogP contribution in [-0.2, 0) is 10.0 Å². The first-order valence-corrected chi connectivity index (χ1v) is 12.7. The number of rotatable bonds is 6. The van der Waals surface area contributed by atoms with E-state index < -0.39 is 15.9 Å². The van der Waals surface area contributed by atoms with Crippen LogP contribution in [0, 0.1) is 0 Å². The number of hydrogen-bond acceptors (Lipinski definition) is 6. The zero-order chi connectivity index (χ0) is 21.8. The maximum absolute atomic E-state index is 13.1. The van der Waals surface area contributed by atoms with E-state index in [1.54, 1.807) is 4.31 Å². The van der Waals surface area contributed by atoms with Crippen LogP contribution in [0.2, 0.25) is 0 Å². The van der Waals surface area contributed by atoms with Gasteiger partial charge in [-0.3, -0.25) is 10.1 Å². The number of anilines is 1. The number of benzene rings is 1. The van der Waals surface area contributed by atoms with Crippen molar-refractivity contribution in [3.05, 3.63) is 35.7 Å². The monoisotopic (exact) mass is 446 g/mol. The van der Waals surface area contributed by atoms with E-state index >= 15 is 0 Å². The third-order valence-electron chi connectivity index (χ3n) is 6.38. The predicted octanol–water partition coefficient (Wildman–Crippen LogP) is 4.32. The molecule has 1 amide bonds. The van der Waals surface area contributed by atoms with E-state index in [4.69, 9.17) is 4.42 Å². The number of piperidine rings is 1. The SMILES string of the molecule is CCC1CCCCN1S(=O)(=O)c1ccc(C(=O)Nc2nnc(C3CCCCC3)o2)cc1. The lowest BCUT2D eigenvalue weighted by Crippen LogP contribution is -2.43. The summed E-state index contributed by atoms with van der Waals surface area (Å²) in [6.07, 6.45) is 9.22. The van der Waals surface area contributed by atoms with Crippen molar-refractivity contribution in [2.24, 2.45) is 0 Å². The van der Waals surface area contributed by atoms with Gasteiger partial charge in [-0.05, 0) is 56.4 Å². The van der Waals surface area contributed by atoms with Gasteiger partial charge in [-0.1, -0.05) is 37.7 Å². The Balaban J connectivity index is 1.43. The molecule has 2 aromatic rings. The Bertz CT molecular complexity index is 997. The maximum atomic E-state index is 13.1. The van der Waals surface area contributed by atoms with Crippen LogP contribution in [0.4, 0.5) is 6.01 Å². The molecule has 1 atom stereocenters. The van der Waals surface area contributed by atoms with Crippen LogP contribution in [0.25, 0.3) is 0 Å². The van der Waals surface area contributed by atoms with Crippen LogP contribution >= 0.6 is 0 Å². The molecule has 0 radical (unpaired) electrons. The topological polar surface area (TPSA) is 105 Å². The third kappa shape index (κ3) is 4.82. The predicted molar refractivity (Wildman–Crippen MR) is 116 cm³/mol. The highest BCUT2D eigenvalue weighted by molar-refractivity contribution is 7.89. The summed E-state index contributed by atoms with van der Waals surface area (Å²) in [5.74, 6) is 0.425. The fourth-order valence-electron chi connectivity index (χ4n) is 4.58. The number of sulfonamides is 1. The molecule has 1 N–H and O–H groups in total. The van der Waals surface area contributed by atoms with Gasteiger partial charge in [0.25, 0.3) is 5.91 Å². The maximum Gasteiger partial charge on any atom is 0.322 e. The number of nitrogens with one attached hydrogen (secondary N) is 1. The molecular formula is C22H30N4O4S. The standard InChI is InChI=1S/C22H30N4O4S/c1-2-18-10-6-7-15-26(18)31(28,29)19-13-11-16(12-14-19)20(27)23-22-25-24-21(30-22)17-8-4-3-5-9-17/h11-14,17-18H,2-10,15H2,1H3,(H,23,25,27). The highest BCUT2D eigenvalue weighted by atomic mass is 32.2. The molecule has 1 unspecified atom stereocenters. The van der Waals surface area contributed by atoms with Crippen molar-refractivity contribution in [3.63, 3.8) is 0 Å². The molecule has 2 aliphatic rings. The average molecular weight is 447 g/mol. The summed E-state index contributed by atoms with van der Waals surface area (Å²) >= 11 is 0. The fraction of sp³-hybridized carbons (Fsp3) is 0.591. The second-order valence-electron chi connectivity index (χ2n) is 8.43. The molecule has 1 aliphatic heterocycles. The normalized spacial score (nSPS) is 21.1. The van der Waals surface area contributed by atoms with Crippen LogP contribution in [0.3, 0.4) is 0 Å². The average Bonchev–Trinajstić information content (AvgIpc) is 3.28. The molecule has 1 aromatic heterocycles. The summed E-state index contributed by atoms with van der Waals surface area (Å²) in [6.45, 7) is 2.56. The Labute approximate surface area is 183 Å². The lowest BCUT2D eigenvalue weighted by molar-refractivity contribution is 0.102. The molecule has 1 saturated carbocycles. The van der Waals surface area contributed by atoms with Crippen LogP contribution < -0.4 is 5.32 Å². The van der Waals surface area contributed by atoms with Crippen molar-refractivity contribution < 1.29 is 17.6 Å². The van der Waals surface area contributed by atoms with Crippen molar-refractivity contribution in [1.29, 1.82) is 0 Å². The minimum absolute atomic E-state index is 0.0395. The summed E-state index contributed by atoms with van der Waals surface area (Å²) < 4.78 is 33.4. The van der Waals surface area contributed by atoms with E-state index in [9.17, 15) is 13.2 Å². The van der Waals surface area contributed by atoms with Gasteiger partial charge < -0.3 is 4.42 Å². The van der Waals surface area contributed by atoms with Gasteiger partial charge >= 0.3 is 6.01 Å². The summed E-state index contributed by atoms with van der Waals surface area (Å²) in [7, 11) is -3.57. The third-order valence-corrected chi connectivity index (χ3v) is 8.35. The van der Waals surface area contributed by atoms with Crippen molar-refractivity contribution in [2.45, 2.75) is 81.6 Å². The molecule has 2 heterocycles. The van der Waals surface area contributed by atoms with Gasteiger partial charge in [-0.2, -0.15) is 4.31 Å². The van der Waals surface area contributed by atoms with E-state index in [1.165, 1.54) is 30.7 Å². The van der Waals surface area contributed by atoms with Crippen LogP contribution in [0.15, 0.2) is 33.6 Å². The van der Waals surface area contributed by atoms with Gasteiger partial charge in [-0.25, -0.2) is 8.42 Å². The Morgan fingerprint density at radius 2 is 1.77 bits per heavy atom. The summed E-state index contributed by atoms with van der Waals surface area (Å²) in [4.78, 5) is 12.8. The number of nitrogens with zero attached hydrogens (tertiary/aromatic N) is 3. The van der Waals surface area contributed by atoms with Crippen molar-refractivity contribution in [3.8, 4) is 0 Å². The van der Waals surface area contributed by atoms with Gasteiger partial charge in [0.15, 0.2) is 0 Å². The Morgan fingerprint density at radius 3 is 2.48 bits per heavy atom. The first kappa shape index (κ1) is 22.0. The summed E-state index contributed by atoms with van der Waals surface area (Å²) in [5, 5.41) is 10.6. The Morgan fingerprint density at radius 1 is 1.06 bits per heavy atom. The molecule has 9 heteroatoms. The molecule has 168 valence electrons.